The van der Waals surface area contributed by atoms with Gasteiger partial charge in [0.2, 0.25) is 0 Å². The molecule has 0 spiro atoms. The minimum Gasteiger partial charge on any atom is -0.493 e. The topological polar surface area (TPSA) is 62.7 Å². The summed E-state index contributed by atoms with van der Waals surface area (Å²) in [5.41, 5.74) is 2.31. The predicted molar refractivity (Wildman–Crippen MR) is 131 cm³/mol. The molecule has 0 amide bonds. The number of ether oxygens (including phenoxy) is 1. The van der Waals surface area contributed by atoms with Crippen molar-refractivity contribution in [1.82, 2.24) is 10.6 Å². The Morgan fingerprint density at radius 1 is 1.17 bits per heavy atom. The molecule has 2 aromatic rings. The van der Waals surface area contributed by atoms with Crippen LogP contribution in [0.3, 0.4) is 0 Å². The molecule has 3 rings (SSSR count). The summed E-state index contributed by atoms with van der Waals surface area (Å²) in [5.74, 6) is 2.89. The second-order valence-corrected chi connectivity index (χ2v) is 8.65. The van der Waals surface area contributed by atoms with E-state index in [1.807, 2.05) is 30.3 Å². The maximum Gasteiger partial charge on any atom is 0.191 e. The number of hydrogen-bond donors (Lipinski definition) is 2. The van der Waals surface area contributed by atoms with Crippen molar-refractivity contribution in [2.45, 2.75) is 31.2 Å². The van der Waals surface area contributed by atoms with Crippen LogP contribution in [0.15, 0.2) is 58.4 Å². The zero-order chi connectivity index (χ0) is 19.8. The van der Waals surface area contributed by atoms with E-state index < -0.39 is 10.8 Å². The first-order valence-corrected chi connectivity index (χ1v) is 11.1. The molecule has 0 radical (unpaired) electrons. The number of aryl methyl sites for hydroxylation is 1. The van der Waals surface area contributed by atoms with E-state index in [0.29, 0.717) is 24.8 Å². The summed E-state index contributed by atoms with van der Waals surface area (Å²) in [7, 11) is 0.725. The molecule has 5 nitrogen and oxygen atoms in total. The maximum atomic E-state index is 12.3. The Balaban J connectivity index is 0.00000300. The minimum atomic E-state index is -1.01. The van der Waals surface area contributed by atoms with E-state index in [2.05, 4.69) is 40.7 Å². The Kier molecular flexibility index (Phi) is 9.93. The van der Waals surface area contributed by atoms with Gasteiger partial charge in [0.1, 0.15) is 5.75 Å². The van der Waals surface area contributed by atoms with Crippen LogP contribution in [0.5, 0.6) is 5.75 Å². The zero-order valence-corrected chi connectivity index (χ0v) is 20.2. The Morgan fingerprint density at radius 2 is 1.93 bits per heavy atom. The molecule has 0 aliphatic heterocycles. The number of nitrogens with zero attached hydrogens (tertiary/aromatic N) is 1. The molecule has 0 bridgehead atoms. The standard InChI is InChI=1S/C22H29N3O2S.HI/c1-17-8-11-19(21(14-17)27-16-18-9-10-18)15-25-22(23-2)24-12-13-28(26)20-6-4-3-5-7-20;/h3-8,11,14,18H,9-10,12-13,15-16H2,1-2H3,(H2,23,24,25);1H. The van der Waals surface area contributed by atoms with Crippen LogP contribution in [0.1, 0.15) is 24.0 Å². The molecule has 1 fully saturated rings. The highest BCUT2D eigenvalue weighted by molar-refractivity contribution is 14.0. The Morgan fingerprint density at radius 3 is 2.62 bits per heavy atom. The SMILES string of the molecule is CN=C(NCCS(=O)c1ccccc1)NCc1ccc(C)cc1OCC1CC1.I. The van der Waals surface area contributed by atoms with Crippen LogP contribution in [0.2, 0.25) is 0 Å². The second-order valence-electron chi connectivity index (χ2n) is 7.08. The van der Waals surface area contributed by atoms with Gasteiger partial charge in [-0.15, -0.1) is 24.0 Å². The van der Waals surface area contributed by atoms with E-state index in [4.69, 9.17) is 4.74 Å². The molecule has 1 unspecified atom stereocenters. The van der Waals surface area contributed by atoms with Crippen LogP contribution in [0.25, 0.3) is 0 Å². The quantitative estimate of drug-likeness (QED) is 0.295. The van der Waals surface area contributed by atoms with Crippen LogP contribution < -0.4 is 15.4 Å². The van der Waals surface area contributed by atoms with E-state index in [0.717, 1.165) is 28.7 Å². The highest BCUT2D eigenvalue weighted by Crippen LogP contribution is 2.30. The van der Waals surface area contributed by atoms with Crippen LogP contribution in [0, 0.1) is 12.8 Å². The summed E-state index contributed by atoms with van der Waals surface area (Å²) in [6.45, 7) is 4.09. The van der Waals surface area contributed by atoms with Crippen molar-refractivity contribution < 1.29 is 8.95 Å². The van der Waals surface area contributed by atoms with E-state index in [-0.39, 0.29) is 24.0 Å². The molecule has 2 N–H and O–H groups in total. The molecule has 0 saturated heterocycles. The lowest BCUT2D eigenvalue weighted by atomic mass is 10.1. The van der Waals surface area contributed by atoms with E-state index >= 15 is 0 Å². The average Bonchev–Trinajstić information content (AvgIpc) is 3.55. The van der Waals surface area contributed by atoms with Crippen LogP contribution in [-0.4, -0.2) is 36.1 Å². The molecule has 1 saturated carbocycles. The fourth-order valence-corrected chi connectivity index (χ4v) is 3.77. The van der Waals surface area contributed by atoms with Gasteiger partial charge in [0.15, 0.2) is 5.96 Å². The molecule has 1 aliphatic carbocycles. The first-order valence-electron chi connectivity index (χ1n) is 9.76. The predicted octanol–water partition coefficient (Wildman–Crippen LogP) is 3.87. The summed E-state index contributed by atoms with van der Waals surface area (Å²) in [4.78, 5) is 5.11. The molecule has 0 heterocycles. The number of guanidine groups is 1. The van der Waals surface area contributed by atoms with Gasteiger partial charge in [-0.25, -0.2) is 0 Å². The lowest BCUT2D eigenvalue weighted by Crippen LogP contribution is -2.38. The highest BCUT2D eigenvalue weighted by Gasteiger charge is 2.22. The van der Waals surface area contributed by atoms with E-state index in [1.165, 1.54) is 18.4 Å². The third-order valence-electron chi connectivity index (χ3n) is 4.65. The fraction of sp³-hybridized carbons (Fsp3) is 0.409. The Labute approximate surface area is 193 Å². The van der Waals surface area contributed by atoms with Gasteiger partial charge in [-0.05, 0) is 49.4 Å². The van der Waals surface area contributed by atoms with Crippen LogP contribution >= 0.6 is 24.0 Å². The summed E-state index contributed by atoms with van der Waals surface area (Å²) < 4.78 is 18.3. The number of benzene rings is 2. The highest BCUT2D eigenvalue weighted by atomic mass is 127. The average molecular weight is 527 g/mol. The van der Waals surface area contributed by atoms with Gasteiger partial charge in [-0.3, -0.25) is 9.20 Å². The van der Waals surface area contributed by atoms with Crippen molar-refractivity contribution in [2.24, 2.45) is 10.9 Å². The third kappa shape index (κ3) is 7.97. The van der Waals surface area contributed by atoms with Gasteiger partial charge in [0.05, 0.1) is 17.4 Å². The Hall–Kier alpha value is -1.61. The Bertz CT molecular complexity index is 826. The summed E-state index contributed by atoms with van der Waals surface area (Å²) >= 11 is 0. The van der Waals surface area contributed by atoms with Crippen molar-refractivity contribution in [1.29, 1.82) is 0 Å². The van der Waals surface area contributed by atoms with E-state index in [9.17, 15) is 4.21 Å². The number of rotatable bonds is 9. The third-order valence-corrected chi connectivity index (χ3v) is 6.02. The number of hydrogen-bond acceptors (Lipinski definition) is 3. The summed E-state index contributed by atoms with van der Waals surface area (Å²) in [6.07, 6.45) is 2.56. The van der Waals surface area contributed by atoms with Gasteiger partial charge in [-0.1, -0.05) is 30.3 Å². The van der Waals surface area contributed by atoms with Gasteiger partial charge in [0, 0.05) is 36.3 Å². The molecule has 7 heteroatoms. The molecule has 2 aromatic carbocycles. The van der Waals surface area contributed by atoms with Gasteiger partial charge in [-0.2, -0.15) is 0 Å². The van der Waals surface area contributed by atoms with Crippen molar-refractivity contribution in [2.75, 3.05) is 26.0 Å². The number of halogens is 1. The maximum absolute atomic E-state index is 12.3. The minimum absolute atomic E-state index is 0. The van der Waals surface area contributed by atoms with Crippen molar-refractivity contribution in [3.63, 3.8) is 0 Å². The van der Waals surface area contributed by atoms with Crippen LogP contribution in [-0.2, 0) is 17.3 Å². The second kappa shape index (κ2) is 12.2. The fourth-order valence-electron chi connectivity index (χ4n) is 2.79. The molecular weight excluding hydrogens is 497 g/mol. The van der Waals surface area contributed by atoms with Gasteiger partial charge in [0.25, 0.3) is 0 Å². The zero-order valence-electron chi connectivity index (χ0n) is 17.0. The monoisotopic (exact) mass is 527 g/mol. The molecule has 158 valence electrons. The van der Waals surface area contributed by atoms with Crippen molar-refractivity contribution >= 4 is 40.7 Å². The summed E-state index contributed by atoms with van der Waals surface area (Å²) in [6, 6.07) is 15.8. The molecule has 1 aliphatic rings. The number of aliphatic imine (C=N–C) groups is 1. The largest absolute Gasteiger partial charge is 0.493 e. The normalized spacial score (nSPS) is 14.6. The first-order chi connectivity index (χ1) is 13.7. The van der Waals surface area contributed by atoms with Crippen LogP contribution in [0.4, 0.5) is 0 Å². The van der Waals surface area contributed by atoms with Crippen molar-refractivity contribution in [3.05, 3.63) is 59.7 Å². The summed E-state index contributed by atoms with van der Waals surface area (Å²) in [5, 5.41) is 6.56. The number of nitrogens with one attached hydrogen (secondary N) is 2. The molecule has 0 aromatic heterocycles. The van der Waals surface area contributed by atoms with E-state index in [1.54, 1.807) is 7.05 Å². The lowest BCUT2D eigenvalue weighted by Gasteiger charge is -2.15. The molecule has 1 atom stereocenters. The smallest absolute Gasteiger partial charge is 0.191 e. The van der Waals surface area contributed by atoms with Gasteiger partial charge < -0.3 is 15.4 Å². The van der Waals surface area contributed by atoms with Crippen molar-refractivity contribution in [3.8, 4) is 5.75 Å². The molecular formula is C22H30IN3O2S. The van der Waals surface area contributed by atoms with Gasteiger partial charge >= 0.3 is 0 Å². The first kappa shape index (κ1) is 23.7. The lowest BCUT2D eigenvalue weighted by molar-refractivity contribution is 0.296. The molecule has 29 heavy (non-hydrogen) atoms.